The summed E-state index contributed by atoms with van der Waals surface area (Å²) in [7, 11) is 1.66. The maximum absolute atomic E-state index is 12.1. The van der Waals surface area contributed by atoms with Gasteiger partial charge in [0.1, 0.15) is 6.61 Å². The molecule has 0 unspecified atom stereocenters. The molecule has 0 bridgehead atoms. The number of amides is 2. The van der Waals surface area contributed by atoms with Crippen molar-refractivity contribution in [2.24, 2.45) is 5.73 Å². The molecule has 0 aliphatic carbocycles. The molecular weight excluding hydrogens is 292 g/mol. The number of nitrogens with zero attached hydrogens (tertiary/aromatic N) is 1. The highest BCUT2D eigenvalue weighted by Crippen LogP contribution is 2.15. The summed E-state index contributed by atoms with van der Waals surface area (Å²) in [5.74, 6) is -0.648. The number of rotatable bonds is 11. The fourth-order valence-electron chi connectivity index (χ4n) is 2.25. The molecule has 1 aromatic carbocycles. The van der Waals surface area contributed by atoms with Crippen LogP contribution in [0.4, 0.5) is 5.69 Å². The van der Waals surface area contributed by atoms with Gasteiger partial charge >= 0.3 is 0 Å². The number of hydrogen-bond acceptors (Lipinski definition) is 3. The van der Waals surface area contributed by atoms with E-state index >= 15 is 0 Å². The van der Waals surface area contributed by atoms with Gasteiger partial charge in [-0.15, -0.1) is 0 Å². The molecule has 0 saturated carbocycles. The highest BCUT2D eigenvalue weighted by Gasteiger charge is 2.12. The van der Waals surface area contributed by atoms with Crippen LogP contribution in [-0.2, 0) is 9.53 Å². The largest absolute Gasteiger partial charge is 0.372 e. The van der Waals surface area contributed by atoms with E-state index in [2.05, 4.69) is 6.92 Å². The number of benzene rings is 1. The highest BCUT2D eigenvalue weighted by molar-refractivity contribution is 5.97. The lowest BCUT2D eigenvalue weighted by Gasteiger charge is -2.18. The monoisotopic (exact) mass is 320 g/mol. The van der Waals surface area contributed by atoms with E-state index < -0.39 is 5.91 Å². The topological polar surface area (TPSA) is 72.6 Å². The molecule has 1 aromatic rings. The second-order valence-electron chi connectivity index (χ2n) is 5.69. The number of ether oxygens (including phenoxy) is 1. The standard InChI is InChI=1S/C18H28N2O3/c1-3-4-5-6-7-8-12-23-14-17(21)20(2)16-11-9-10-15(13-16)18(19)22/h9-11,13H,3-8,12,14H2,1-2H3,(H2,19,22). The van der Waals surface area contributed by atoms with Gasteiger partial charge in [0.05, 0.1) is 0 Å². The van der Waals surface area contributed by atoms with Gasteiger partial charge in [0.15, 0.2) is 0 Å². The van der Waals surface area contributed by atoms with E-state index in [1.165, 1.54) is 30.6 Å². The van der Waals surface area contributed by atoms with Crippen molar-refractivity contribution in [2.45, 2.75) is 45.4 Å². The minimum Gasteiger partial charge on any atom is -0.372 e. The lowest BCUT2D eigenvalue weighted by molar-refractivity contribution is -0.122. The number of likely N-dealkylation sites (N-methyl/N-ethyl adjacent to an activating group) is 1. The Morgan fingerprint density at radius 1 is 1.13 bits per heavy atom. The maximum atomic E-state index is 12.1. The zero-order valence-electron chi connectivity index (χ0n) is 14.2. The number of carbonyl (C=O) groups is 2. The zero-order chi connectivity index (χ0) is 17.1. The molecule has 0 fully saturated rings. The van der Waals surface area contributed by atoms with E-state index in [0.29, 0.717) is 17.9 Å². The summed E-state index contributed by atoms with van der Waals surface area (Å²) in [6.45, 7) is 2.85. The van der Waals surface area contributed by atoms with E-state index in [1.807, 2.05) is 0 Å². The van der Waals surface area contributed by atoms with Crippen molar-refractivity contribution in [3.8, 4) is 0 Å². The fourth-order valence-corrected chi connectivity index (χ4v) is 2.25. The van der Waals surface area contributed by atoms with E-state index in [1.54, 1.807) is 31.3 Å². The van der Waals surface area contributed by atoms with Crippen LogP contribution in [0.15, 0.2) is 24.3 Å². The second kappa shape index (κ2) is 10.8. The molecule has 2 amide bonds. The van der Waals surface area contributed by atoms with E-state index in [9.17, 15) is 9.59 Å². The van der Waals surface area contributed by atoms with Crippen LogP contribution < -0.4 is 10.6 Å². The number of primary amides is 1. The fraction of sp³-hybridized carbons (Fsp3) is 0.556. The average Bonchev–Trinajstić information content (AvgIpc) is 2.56. The first-order valence-electron chi connectivity index (χ1n) is 8.30. The molecule has 0 aliphatic rings. The normalized spacial score (nSPS) is 10.5. The van der Waals surface area contributed by atoms with Gasteiger partial charge in [-0.2, -0.15) is 0 Å². The van der Waals surface area contributed by atoms with Crippen LogP contribution in [0, 0.1) is 0 Å². The van der Waals surface area contributed by atoms with E-state index in [-0.39, 0.29) is 12.5 Å². The molecule has 0 radical (unpaired) electrons. The third kappa shape index (κ3) is 7.28. The van der Waals surface area contributed by atoms with E-state index in [4.69, 9.17) is 10.5 Å². The van der Waals surface area contributed by atoms with Gasteiger partial charge in [-0.25, -0.2) is 0 Å². The van der Waals surface area contributed by atoms with Crippen molar-refractivity contribution in [1.82, 2.24) is 0 Å². The Labute approximate surface area is 138 Å². The third-order valence-electron chi connectivity index (χ3n) is 3.76. The minimum atomic E-state index is -0.507. The van der Waals surface area contributed by atoms with Gasteiger partial charge in [0.25, 0.3) is 5.91 Å². The Morgan fingerprint density at radius 3 is 2.52 bits per heavy atom. The molecule has 5 heteroatoms. The SMILES string of the molecule is CCCCCCCCOCC(=O)N(C)c1cccc(C(N)=O)c1. The number of anilines is 1. The first kappa shape index (κ1) is 19.2. The predicted octanol–water partition coefficient (Wildman–Crippen LogP) is 3.13. The molecular formula is C18H28N2O3. The Balaban J connectivity index is 2.29. The maximum Gasteiger partial charge on any atom is 0.252 e. The van der Waals surface area contributed by atoms with Crippen LogP contribution in [0.1, 0.15) is 55.8 Å². The predicted molar refractivity (Wildman–Crippen MR) is 92.6 cm³/mol. The van der Waals surface area contributed by atoms with Crippen molar-refractivity contribution in [3.63, 3.8) is 0 Å². The smallest absolute Gasteiger partial charge is 0.252 e. The summed E-state index contributed by atoms with van der Waals surface area (Å²) in [4.78, 5) is 24.7. The molecule has 0 atom stereocenters. The van der Waals surface area contributed by atoms with Crippen LogP contribution in [0.5, 0.6) is 0 Å². The molecule has 2 N–H and O–H groups in total. The molecule has 0 saturated heterocycles. The van der Waals surface area contributed by atoms with Crippen molar-refractivity contribution in [2.75, 3.05) is 25.2 Å². The molecule has 0 heterocycles. The summed E-state index contributed by atoms with van der Waals surface area (Å²) < 4.78 is 5.44. The van der Waals surface area contributed by atoms with Gasteiger partial charge < -0.3 is 15.4 Å². The Kier molecular flexibility index (Phi) is 8.98. The van der Waals surface area contributed by atoms with Gasteiger partial charge in [-0.05, 0) is 24.6 Å². The molecule has 5 nitrogen and oxygen atoms in total. The Morgan fingerprint density at radius 2 is 1.83 bits per heavy atom. The number of carbonyl (C=O) groups excluding carboxylic acids is 2. The first-order chi connectivity index (χ1) is 11.1. The van der Waals surface area contributed by atoms with Crippen molar-refractivity contribution >= 4 is 17.5 Å². The van der Waals surface area contributed by atoms with Gasteiger partial charge in [-0.3, -0.25) is 9.59 Å². The number of unbranched alkanes of at least 4 members (excludes halogenated alkanes) is 5. The second-order valence-corrected chi connectivity index (χ2v) is 5.69. The molecule has 0 spiro atoms. The highest BCUT2D eigenvalue weighted by atomic mass is 16.5. The Bertz CT molecular complexity index is 503. The Hall–Kier alpha value is -1.88. The van der Waals surface area contributed by atoms with Crippen LogP contribution in [0.3, 0.4) is 0 Å². The zero-order valence-corrected chi connectivity index (χ0v) is 14.2. The van der Waals surface area contributed by atoms with Gasteiger partial charge in [0.2, 0.25) is 5.91 Å². The number of nitrogens with two attached hydrogens (primary N) is 1. The van der Waals surface area contributed by atoms with E-state index in [0.717, 1.165) is 12.8 Å². The van der Waals surface area contributed by atoms with Gasteiger partial charge in [-0.1, -0.05) is 45.1 Å². The molecule has 1 rings (SSSR count). The lowest BCUT2D eigenvalue weighted by Crippen LogP contribution is -2.30. The summed E-state index contributed by atoms with van der Waals surface area (Å²) in [6.07, 6.45) is 7.16. The van der Waals surface area contributed by atoms with Crippen LogP contribution in [-0.4, -0.2) is 32.1 Å². The first-order valence-corrected chi connectivity index (χ1v) is 8.30. The number of hydrogen-bond donors (Lipinski definition) is 1. The van der Waals surface area contributed by atoms with Crippen LogP contribution in [0.2, 0.25) is 0 Å². The molecule has 0 aromatic heterocycles. The van der Waals surface area contributed by atoms with Crippen molar-refractivity contribution in [3.05, 3.63) is 29.8 Å². The summed E-state index contributed by atoms with van der Waals surface area (Å²) in [6, 6.07) is 6.70. The summed E-state index contributed by atoms with van der Waals surface area (Å²) >= 11 is 0. The minimum absolute atomic E-state index is 0.0479. The van der Waals surface area contributed by atoms with Gasteiger partial charge in [0, 0.05) is 24.9 Å². The van der Waals surface area contributed by atoms with Crippen LogP contribution in [0.25, 0.3) is 0 Å². The summed E-state index contributed by atoms with van der Waals surface area (Å²) in [5.41, 5.74) is 6.27. The lowest BCUT2D eigenvalue weighted by atomic mass is 10.1. The quantitative estimate of drug-likeness (QED) is 0.637. The summed E-state index contributed by atoms with van der Waals surface area (Å²) in [5, 5.41) is 0. The van der Waals surface area contributed by atoms with Crippen LogP contribution >= 0.6 is 0 Å². The average molecular weight is 320 g/mol. The third-order valence-corrected chi connectivity index (χ3v) is 3.76. The molecule has 128 valence electrons. The van der Waals surface area contributed by atoms with Crippen molar-refractivity contribution in [1.29, 1.82) is 0 Å². The molecule has 23 heavy (non-hydrogen) atoms. The molecule has 0 aliphatic heterocycles. The van der Waals surface area contributed by atoms with Crippen molar-refractivity contribution < 1.29 is 14.3 Å².